The molecule has 1 unspecified atom stereocenters. The van der Waals surface area contributed by atoms with E-state index in [2.05, 4.69) is 4.98 Å². The second-order valence-electron chi connectivity index (χ2n) is 5.58. The van der Waals surface area contributed by atoms with E-state index < -0.39 is 12.1 Å². The Morgan fingerprint density at radius 2 is 1.92 bits per heavy atom. The maximum Gasteiger partial charge on any atom is 0.344 e. The van der Waals surface area contributed by atoms with Gasteiger partial charge in [0.25, 0.3) is 0 Å². The zero-order chi connectivity index (χ0) is 17.3. The quantitative estimate of drug-likeness (QED) is 0.698. The van der Waals surface area contributed by atoms with Crippen LogP contribution in [0.5, 0.6) is 5.75 Å². The number of halogens is 1. The molecule has 1 heterocycles. The lowest BCUT2D eigenvalue weighted by atomic mass is 9.97. The monoisotopic (exact) mass is 341 g/mol. The highest BCUT2D eigenvalue weighted by Gasteiger charge is 2.14. The molecule has 0 aliphatic rings. The summed E-state index contributed by atoms with van der Waals surface area (Å²) in [5, 5.41) is 10.3. The number of pyridine rings is 1. The molecule has 1 aromatic heterocycles. The van der Waals surface area contributed by atoms with Crippen molar-refractivity contribution < 1.29 is 14.6 Å². The first-order valence-electron chi connectivity index (χ1n) is 7.51. The van der Waals surface area contributed by atoms with Gasteiger partial charge in [-0.2, -0.15) is 0 Å². The van der Waals surface area contributed by atoms with E-state index in [1.807, 2.05) is 43.3 Å². The second-order valence-corrected chi connectivity index (χ2v) is 5.97. The molecule has 3 aromatic rings. The Bertz CT molecular complexity index is 924. The van der Waals surface area contributed by atoms with Crippen LogP contribution in [0.3, 0.4) is 0 Å². The molecule has 0 bridgehead atoms. The fraction of sp³-hybridized carbons (Fsp3) is 0.158. The molecule has 4 nitrogen and oxygen atoms in total. The first-order valence-corrected chi connectivity index (χ1v) is 7.89. The molecule has 5 heteroatoms. The number of aliphatic carboxylic acids is 1. The van der Waals surface area contributed by atoms with E-state index in [9.17, 15) is 4.79 Å². The van der Waals surface area contributed by atoms with E-state index >= 15 is 0 Å². The van der Waals surface area contributed by atoms with Crippen LogP contribution in [-0.4, -0.2) is 22.2 Å². The van der Waals surface area contributed by atoms with Gasteiger partial charge in [0.15, 0.2) is 6.10 Å². The summed E-state index contributed by atoms with van der Waals surface area (Å²) in [7, 11) is 0. The molecule has 0 aliphatic carbocycles. The molecule has 0 radical (unpaired) electrons. The molecular formula is C19H16ClNO3. The van der Waals surface area contributed by atoms with Crippen molar-refractivity contribution in [1.29, 1.82) is 0 Å². The number of carboxylic acid groups (broad SMARTS) is 1. The van der Waals surface area contributed by atoms with E-state index in [1.165, 1.54) is 6.92 Å². The number of rotatable bonds is 4. The fourth-order valence-electron chi connectivity index (χ4n) is 2.60. The van der Waals surface area contributed by atoms with Gasteiger partial charge in [0.2, 0.25) is 0 Å². The van der Waals surface area contributed by atoms with Crippen LogP contribution in [0.1, 0.15) is 12.5 Å². The maximum atomic E-state index is 10.9. The number of carbonyl (C=O) groups is 1. The summed E-state index contributed by atoms with van der Waals surface area (Å²) in [6.07, 6.45) is -0.933. The first kappa shape index (κ1) is 16.3. The van der Waals surface area contributed by atoms with Crippen molar-refractivity contribution in [3.63, 3.8) is 0 Å². The first-order chi connectivity index (χ1) is 11.5. The van der Waals surface area contributed by atoms with Crippen molar-refractivity contribution >= 4 is 28.5 Å². The minimum atomic E-state index is -1.02. The van der Waals surface area contributed by atoms with Gasteiger partial charge in [-0.15, -0.1) is 0 Å². The van der Waals surface area contributed by atoms with Gasteiger partial charge in [-0.25, -0.2) is 9.78 Å². The average Bonchev–Trinajstić information content (AvgIpc) is 2.54. The summed E-state index contributed by atoms with van der Waals surface area (Å²) in [5.74, 6) is -0.572. The van der Waals surface area contributed by atoms with Gasteiger partial charge in [-0.05, 0) is 48.7 Å². The molecule has 0 spiro atoms. The topological polar surface area (TPSA) is 59.4 Å². The third-order valence-corrected chi connectivity index (χ3v) is 4.04. The summed E-state index contributed by atoms with van der Waals surface area (Å²) in [5.41, 5.74) is 3.87. The van der Waals surface area contributed by atoms with Gasteiger partial charge in [0, 0.05) is 11.5 Å². The van der Waals surface area contributed by atoms with Gasteiger partial charge in [-0.3, -0.25) is 0 Å². The number of carboxylic acids is 1. The maximum absolute atomic E-state index is 10.9. The number of ether oxygens (including phenoxy) is 1. The lowest BCUT2D eigenvalue weighted by molar-refractivity contribution is -0.144. The van der Waals surface area contributed by atoms with E-state index in [0.29, 0.717) is 16.4 Å². The molecule has 2 aromatic carbocycles. The minimum absolute atomic E-state index is 0.379. The summed E-state index contributed by atoms with van der Waals surface area (Å²) >= 11 is 6.19. The zero-order valence-corrected chi connectivity index (χ0v) is 14.0. The Labute approximate surface area is 144 Å². The van der Waals surface area contributed by atoms with Crippen molar-refractivity contribution in [1.82, 2.24) is 4.98 Å². The smallest absolute Gasteiger partial charge is 0.344 e. The number of nitrogens with zero attached hydrogens (tertiary/aromatic N) is 1. The minimum Gasteiger partial charge on any atom is -0.479 e. The third kappa shape index (κ3) is 3.19. The van der Waals surface area contributed by atoms with Crippen LogP contribution in [0.2, 0.25) is 5.15 Å². The Balaban J connectivity index is 2.13. The van der Waals surface area contributed by atoms with Gasteiger partial charge >= 0.3 is 5.97 Å². The predicted molar refractivity (Wildman–Crippen MR) is 94.7 cm³/mol. The van der Waals surface area contributed by atoms with E-state index in [-0.39, 0.29) is 0 Å². The van der Waals surface area contributed by atoms with E-state index in [1.54, 1.807) is 12.1 Å². The predicted octanol–water partition coefficient (Wildman–Crippen LogP) is 4.72. The van der Waals surface area contributed by atoms with Crippen LogP contribution in [0, 0.1) is 6.92 Å². The van der Waals surface area contributed by atoms with Gasteiger partial charge in [-0.1, -0.05) is 35.9 Å². The second kappa shape index (κ2) is 6.49. The molecule has 0 amide bonds. The standard InChI is InChI=1S/C19H16ClNO3/c1-11-5-3-4-6-14(11)16-10-18(20)21-17-9-13(7-8-15(16)17)24-12(2)19(22)23/h3-10,12H,1-2H3,(H,22,23). The molecule has 122 valence electrons. The van der Waals surface area contributed by atoms with Crippen LogP contribution in [0.25, 0.3) is 22.0 Å². The molecule has 0 saturated carbocycles. The van der Waals surface area contributed by atoms with E-state index in [4.69, 9.17) is 21.4 Å². The van der Waals surface area contributed by atoms with Crippen molar-refractivity contribution in [3.8, 4) is 16.9 Å². The summed E-state index contributed by atoms with van der Waals surface area (Å²) in [6, 6.07) is 15.2. The lowest BCUT2D eigenvalue weighted by Crippen LogP contribution is -2.22. The van der Waals surface area contributed by atoms with Crippen molar-refractivity contribution in [2.45, 2.75) is 20.0 Å². The van der Waals surface area contributed by atoms with E-state index in [0.717, 1.165) is 22.1 Å². The van der Waals surface area contributed by atoms with Crippen molar-refractivity contribution in [2.24, 2.45) is 0 Å². The van der Waals surface area contributed by atoms with Crippen LogP contribution in [-0.2, 0) is 4.79 Å². The molecule has 24 heavy (non-hydrogen) atoms. The molecule has 3 rings (SSSR count). The van der Waals surface area contributed by atoms with Crippen LogP contribution < -0.4 is 4.74 Å². The molecule has 0 fully saturated rings. The Morgan fingerprint density at radius 3 is 2.62 bits per heavy atom. The normalized spacial score (nSPS) is 12.1. The summed E-state index contributed by atoms with van der Waals surface area (Å²) in [4.78, 5) is 15.3. The lowest BCUT2D eigenvalue weighted by Gasteiger charge is -2.13. The summed E-state index contributed by atoms with van der Waals surface area (Å²) < 4.78 is 5.41. The summed E-state index contributed by atoms with van der Waals surface area (Å²) in [6.45, 7) is 3.53. The Kier molecular flexibility index (Phi) is 4.40. The highest BCUT2D eigenvalue weighted by molar-refractivity contribution is 6.30. The number of fused-ring (bicyclic) bond motifs is 1. The Hall–Kier alpha value is -2.59. The van der Waals surface area contributed by atoms with Gasteiger partial charge in [0.05, 0.1) is 5.52 Å². The number of benzene rings is 2. The molecule has 1 atom stereocenters. The molecule has 0 aliphatic heterocycles. The molecule has 0 saturated heterocycles. The Morgan fingerprint density at radius 1 is 1.17 bits per heavy atom. The van der Waals surface area contributed by atoms with Gasteiger partial charge in [0.1, 0.15) is 10.9 Å². The van der Waals surface area contributed by atoms with Crippen molar-refractivity contribution in [3.05, 3.63) is 59.2 Å². The molecular weight excluding hydrogens is 326 g/mol. The fourth-order valence-corrected chi connectivity index (χ4v) is 2.80. The zero-order valence-electron chi connectivity index (χ0n) is 13.3. The van der Waals surface area contributed by atoms with Crippen LogP contribution in [0.4, 0.5) is 0 Å². The third-order valence-electron chi connectivity index (χ3n) is 3.85. The molecule has 1 N–H and O–H groups in total. The largest absolute Gasteiger partial charge is 0.479 e. The van der Waals surface area contributed by atoms with Gasteiger partial charge < -0.3 is 9.84 Å². The number of aryl methyl sites for hydroxylation is 1. The number of hydrogen-bond acceptors (Lipinski definition) is 3. The highest BCUT2D eigenvalue weighted by atomic mass is 35.5. The number of aromatic nitrogens is 1. The SMILES string of the molecule is Cc1ccccc1-c1cc(Cl)nc2cc(OC(C)C(=O)O)ccc12. The van der Waals surface area contributed by atoms with Crippen molar-refractivity contribution in [2.75, 3.05) is 0 Å². The number of hydrogen-bond donors (Lipinski definition) is 1. The van der Waals surface area contributed by atoms with Crippen LogP contribution >= 0.6 is 11.6 Å². The van der Waals surface area contributed by atoms with Crippen LogP contribution in [0.15, 0.2) is 48.5 Å². The highest BCUT2D eigenvalue weighted by Crippen LogP contribution is 2.33. The average molecular weight is 342 g/mol.